The molecule has 1 fully saturated rings. The number of rotatable bonds is 4. The van der Waals surface area contributed by atoms with Crippen LogP contribution in [0.3, 0.4) is 0 Å². The predicted octanol–water partition coefficient (Wildman–Crippen LogP) is 3.68. The first-order valence-corrected chi connectivity index (χ1v) is 11.6. The van der Waals surface area contributed by atoms with Gasteiger partial charge in [0.05, 0.1) is 16.4 Å². The van der Waals surface area contributed by atoms with E-state index in [9.17, 15) is 8.42 Å². The first-order chi connectivity index (χ1) is 13.8. The predicted molar refractivity (Wildman–Crippen MR) is 113 cm³/mol. The summed E-state index contributed by atoms with van der Waals surface area (Å²) in [6, 6.07) is 5.82. The zero-order valence-electron chi connectivity index (χ0n) is 16.8. The monoisotopic (exact) mass is 433 g/mol. The minimum Gasteiger partial charge on any atom is -0.268 e. The van der Waals surface area contributed by atoms with E-state index in [-0.39, 0.29) is 5.92 Å². The normalized spacial score (nSPS) is 16.6. The Morgan fingerprint density at radius 2 is 1.93 bits per heavy atom. The van der Waals surface area contributed by atoms with E-state index in [2.05, 4.69) is 15.1 Å². The van der Waals surface area contributed by atoms with Crippen molar-refractivity contribution in [2.45, 2.75) is 51.0 Å². The van der Waals surface area contributed by atoms with Gasteiger partial charge in [0, 0.05) is 42.8 Å². The van der Waals surface area contributed by atoms with Gasteiger partial charge in [-0.25, -0.2) is 18.4 Å². The summed E-state index contributed by atoms with van der Waals surface area (Å²) < 4.78 is 29.8. The lowest BCUT2D eigenvalue weighted by Crippen LogP contribution is -2.38. The quantitative estimate of drug-likeness (QED) is 0.626. The van der Waals surface area contributed by atoms with E-state index in [4.69, 9.17) is 11.6 Å². The van der Waals surface area contributed by atoms with E-state index in [1.54, 1.807) is 22.1 Å². The molecule has 0 atom stereocenters. The van der Waals surface area contributed by atoms with Crippen LogP contribution in [-0.2, 0) is 16.6 Å². The highest BCUT2D eigenvalue weighted by atomic mass is 35.5. The van der Waals surface area contributed by atoms with Crippen LogP contribution in [0.5, 0.6) is 0 Å². The maximum absolute atomic E-state index is 13.2. The van der Waals surface area contributed by atoms with Crippen LogP contribution in [0.1, 0.15) is 42.8 Å². The van der Waals surface area contributed by atoms with Crippen LogP contribution in [0.2, 0.25) is 5.02 Å². The van der Waals surface area contributed by atoms with Gasteiger partial charge >= 0.3 is 0 Å². The van der Waals surface area contributed by atoms with Crippen LogP contribution in [-0.4, -0.2) is 45.6 Å². The van der Waals surface area contributed by atoms with Gasteiger partial charge in [-0.15, -0.1) is 0 Å². The Bertz CT molecular complexity index is 1170. The summed E-state index contributed by atoms with van der Waals surface area (Å²) in [5.74, 6) is 0.212. The van der Waals surface area contributed by atoms with Crippen molar-refractivity contribution < 1.29 is 8.42 Å². The summed E-state index contributed by atoms with van der Waals surface area (Å²) in [6.45, 7) is 7.13. The van der Waals surface area contributed by atoms with Gasteiger partial charge in [0.1, 0.15) is 4.90 Å². The van der Waals surface area contributed by atoms with E-state index in [1.807, 2.05) is 32.0 Å². The molecule has 0 aromatic carbocycles. The van der Waals surface area contributed by atoms with Gasteiger partial charge in [0.15, 0.2) is 5.65 Å². The highest BCUT2D eigenvalue weighted by Gasteiger charge is 2.34. The third kappa shape index (κ3) is 3.65. The van der Waals surface area contributed by atoms with Crippen molar-refractivity contribution in [1.29, 1.82) is 0 Å². The molecule has 7 nitrogen and oxygen atoms in total. The van der Waals surface area contributed by atoms with Crippen molar-refractivity contribution in [3.63, 3.8) is 0 Å². The van der Waals surface area contributed by atoms with Gasteiger partial charge in [0.25, 0.3) is 0 Å². The number of aromatic nitrogens is 4. The second kappa shape index (κ2) is 7.66. The number of piperidine rings is 1. The van der Waals surface area contributed by atoms with E-state index < -0.39 is 10.0 Å². The molecule has 0 unspecified atom stereocenters. The molecule has 29 heavy (non-hydrogen) atoms. The molecule has 0 radical (unpaired) electrons. The van der Waals surface area contributed by atoms with Crippen molar-refractivity contribution in [2.24, 2.45) is 0 Å². The largest absolute Gasteiger partial charge is 0.268 e. The van der Waals surface area contributed by atoms with Gasteiger partial charge in [-0.2, -0.15) is 9.40 Å². The van der Waals surface area contributed by atoms with Crippen molar-refractivity contribution in [2.75, 3.05) is 13.1 Å². The topological polar surface area (TPSA) is 81.0 Å². The average molecular weight is 434 g/mol. The molecular weight excluding hydrogens is 410 g/mol. The average Bonchev–Trinajstić information content (AvgIpc) is 3.01. The third-order valence-corrected chi connectivity index (χ3v) is 7.97. The minimum absolute atomic E-state index is 0.212. The van der Waals surface area contributed by atoms with E-state index in [0.717, 1.165) is 23.9 Å². The molecule has 4 heterocycles. The molecule has 0 bridgehead atoms. The summed E-state index contributed by atoms with van der Waals surface area (Å²) in [7, 11) is -3.56. The Kier molecular flexibility index (Phi) is 5.35. The van der Waals surface area contributed by atoms with E-state index in [0.29, 0.717) is 46.6 Å². The van der Waals surface area contributed by atoms with Gasteiger partial charge < -0.3 is 0 Å². The minimum atomic E-state index is -3.56. The molecule has 0 saturated carbocycles. The maximum atomic E-state index is 13.2. The summed E-state index contributed by atoms with van der Waals surface area (Å²) in [4.78, 5) is 9.33. The fourth-order valence-electron chi connectivity index (χ4n) is 4.11. The van der Waals surface area contributed by atoms with Crippen LogP contribution < -0.4 is 0 Å². The second-order valence-corrected chi connectivity index (χ2v) is 9.74. The molecule has 3 aromatic rings. The Labute approximate surface area is 175 Å². The Morgan fingerprint density at radius 1 is 1.21 bits per heavy atom. The number of hydrogen-bond donors (Lipinski definition) is 0. The van der Waals surface area contributed by atoms with Crippen molar-refractivity contribution >= 4 is 32.7 Å². The van der Waals surface area contributed by atoms with Gasteiger partial charge in [-0.1, -0.05) is 11.6 Å². The maximum Gasteiger partial charge on any atom is 0.246 e. The van der Waals surface area contributed by atoms with Crippen molar-refractivity contribution in [3.8, 4) is 0 Å². The molecule has 154 valence electrons. The van der Waals surface area contributed by atoms with E-state index >= 15 is 0 Å². The molecule has 0 spiro atoms. The van der Waals surface area contributed by atoms with Crippen LogP contribution >= 0.6 is 11.6 Å². The van der Waals surface area contributed by atoms with Gasteiger partial charge in [-0.3, -0.25) is 4.68 Å². The Hall–Kier alpha value is -2.03. The van der Waals surface area contributed by atoms with Crippen molar-refractivity contribution in [3.05, 3.63) is 46.5 Å². The summed E-state index contributed by atoms with van der Waals surface area (Å²) in [5, 5.41) is 5.86. The Morgan fingerprint density at radius 3 is 2.59 bits per heavy atom. The van der Waals surface area contributed by atoms with Crippen molar-refractivity contribution in [1.82, 2.24) is 24.1 Å². The molecule has 0 aliphatic carbocycles. The van der Waals surface area contributed by atoms with Crippen LogP contribution in [0, 0.1) is 13.8 Å². The lowest BCUT2D eigenvalue weighted by atomic mass is 9.94. The molecule has 1 saturated heterocycles. The highest BCUT2D eigenvalue weighted by Crippen LogP contribution is 2.32. The lowest BCUT2D eigenvalue weighted by molar-refractivity contribution is 0.316. The summed E-state index contributed by atoms with van der Waals surface area (Å²) >= 11 is 5.99. The van der Waals surface area contributed by atoms with E-state index in [1.165, 1.54) is 0 Å². The smallest absolute Gasteiger partial charge is 0.246 e. The SMILES string of the molecule is CCn1nc(C)c(S(=O)(=O)N2CCC(c3ccc4cc(Cl)cnc4n3)CC2)c1C. The zero-order chi connectivity index (χ0) is 20.8. The standard InChI is InChI=1S/C20H24ClN5O2S/c1-4-26-14(3)19(13(2)24-26)29(27,28)25-9-7-15(8-10-25)18-6-5-16-11-17(21)12-22-20(16)23-18/h5-6,11-12,15H,4,7-10H2,1-3H3. The molecular formula is C20H24ClN5O2S. The number of fused-ring (bicyclic) bond motifs is 1. The number of sulfonamides is 1. The number of aryl methyl sites for hydroxylation is 2. The fourth-order valence-corrected chi connectivity index (χ4v) is 6.12. The fraction of sp³-hybridized carbons (Fsp3) is 0.450. The number of halogens is 1. The molecule has 1 aliphatic heterocycles. The summed E-state index contributed by atoms with van der Waals surface area (Å²) in [6.07, 6.45) is 3.05. The van der Waals surface area contributed by atoms with Crippen LogP contribution in [0.15, 0.2) is 29.3 Å². The zero-order valence-corrected chi connectivity index (χ0v) is 18.3. The lowest BCUT2D eigenvalue weighted by Gasteiger charge is -2.31. The first-order valence-electron chi connectivity index (χ1n) is 9.77. The number of hydrogen-bond acceptors (Lipinski definition) is 5. The molecule has 1 aliphatic rings. The molecule has 9 heteroatoms. The van der Waals surface area contributed by atoms with Gasteiger partial charge in [-0.05, 0) is 51.8 Å². The Balaban J connectivity index is 1.53. The molecule has 3 aromatic heterocycles. The molecule has 0 amide bonds. The number of pyridine rings is 2. The van der Waals surface area contributed by atoms with Gasteiger partial charge in [0.2, 0.25) is 10.0 Å². The second-order valence-electron chi connectivity index (χ2n) is 7.43. The third-order valence-electron chi connectivity index (χ3n) is 5.62. The first kappa shape index (κ1) is 20.3. The van der Waals surface area contributed by atoms with Crippen LogP contribution in [0.25, 0.3) is 11.0 Å². The van der Waals surface area contributed by atoms with Crippen LogP contribution in [0.4, 0.5) is 0 Å². The highest BCUT2D eigenvalue weighted by molar-refractivity contribution is 7.89. The molecule has 0 N–H and O–H groups in total. The molecule has 4 rings (SSSR count). The number of nitrogens with zero attached hydrogens (tertiary/aromatic N) is 5. The summed E-state index contributed by atoms with van der Waals surface area (Å²) in [5.41, 5.74) is 2.89.